The minimum atomic E-state index is -0.317. The predicted molar refractivity (Wildman–Crippen MR) is 93.4 cm³/mol. The van der Waals surface area contributed by atoms with Crippen molar-refractivity contribution in [3.63, 3.8) is 0 Å². The number of aromatic nitrogens is 3. The first-order valence-electron chi connectivity index (χ1n) is 7.11. The van der Waals surface area contributed by atoms with Crippen LogP contribution < -0.4 is 10.6 Å². The summed E-state index contributed by atoms with van der Waals surface area (Å²) < 4.78 is 5.93. The standard InChI is InChI=1S/C16H14BrN5O2/c1-9-5-11(17)3-4-12(9)20-16(23)13-7-14(19-8-18-13)21-15-6-10(2)24-22-15/h3-8H,1-2H3,(H,20,23)(H,18,19,21,22). The van der Waals surface area contributed by atoms with Crippen molar-refractivity contribution in [3.05, 3.63) is 58.1 Å². The highest BCUT2D eigenvalue weighted by atomic mass is 79.9. The average molecular weight is 388 g/mol. The number of carbonyl (C=O) groups is 1. The number of nitrogens with one attached hydrogen (secondary N) is 2. The van der Waals surface area contributed by atoms with Crippen molar-refractivity contribution in [2.45, 2.75) is 13.8 Å². The maximum atomic E-state index is 12.4. The Labute approximate surface area is 146 Å². The summed E-state index contributed by atoms with van der Waals surface area (Å²) in [5.74, 6) is 1.33. The fraction of sp³-hybridized carbons (Fsp3) is 0.125. The Morgan fingerprint density at radius 1 is 1.12 bits per heavy atom. The lowest BCUT2D eigenvalue weighted by molar-refractivity contribution is 0.102. The first-order chi connectivity index (χ1) is 11.5. The summed E-state index contributed by atoms with van der Waals surface area (Å²) >= 11 is 3.40. The van der Waals surface area contributed by atoms with Gasteiger partial charge in [-0.25, -0.2) is 9.97 Å². The Kier molecular flexibility index (Phi) is 4.57. The lowest BCUT2D eigenvalue weighted by Crippen LogP contribution is -2.15. The minimum Gasteiger partial charge on any atom is -0.360 e. The molecular weight excluding hydrogens is 374 g/mol. The number of nitrogens with zero attached hydrogens (tertiary/aromatic N) is 3. The van der Waals surface area contributed by atoms with E-state index in [9.17, 15) is 4.79 Å². The van der Waals surface area contributed by atoms with Crippen molar-refractivity contribution >= 4 is 39.2 Å². The first-order valence-corrected chi connectivity index (χ1v) is 7.90. The molecule has 0 aliphatic rings. The average Bonchev–Trinajstić information content (AvgIpc) is 2.95. The Morgan fingerprint density at radius 3 is 2.67 bits per heavy atom. The smallest absolute Gasteiger partial charge is 0.274 e. The van der Waals surface area contributed by atoms with E-state index in [1.54, 1.807) is 19.1 Å². The number of aryl methyl sites for hydroxylation is 2. The molecule has 7 nitrogen and oxygen atoms in total. The summed E-state index contributed by atoms with van der Waals surface area (Å²) in [5.41, 5.74) is 1.92. The third-order valence-electron chi connectivity index (χ3n) is 3.22. The molecule has 3 aromatic rings. The molecule has 2 N–H and O–H groups in total. The van der Waals surface area contributed by atoms with Gasteiger partial charge in [0.25, 0.3) is 5.91 Å². The van der Waals surface area contributed by atoms with Gasteiger partial charge in [-0.15, -0.1) is 0 Å². The van der Waals surface area contributed by atoms with Crippen molar-refractivity contribution in [2.75, 3.05) is 10.6 Å². The van der Waals surface area contributed by atoms with Crippen LogP contribution in [0.25, 0.3) is 0 Å². The molecule has 8 heteroatoms. The molecule has 3 rings (SSSR count). The summed E-state index contributed by atoms with van der Waals surface area (Å²) in [6.45, 7) is 3.71. The summed E-state index contributed by atoms with van der Waals surface area (Å²) in [4.78, 5) is 20.5. The van der Waals surface area contributed by atoms with Crippen LogP contribution in [-0.2, 0) is 0 Å². The minimum absolute atomic E-state index is 0.245. The van der Waals surface area contributed by atoms with Crippen LogP contribution in [-0.4, -0.2) is 21.0 Å². The van der Waals surface area contributed by atoms with Gasteiger partial charge in [0.2, 0.25) is 0 Å². The lowest BCUT2D eigenvalue weighted by Gasteiger charge is -2.09. The molecule has 0 saturated carbocycles. The van der Waals surface area contributed by atoms with Crippen molar-refractivity contribution in [3.8, 4) is 0 Å². The van der Waals surface area contributed by atoms with Crippen LogP contribution in [0.5, 0.6) is 0 Å². The molecule has 1 aromatic carbocycles. The van der Waals surface area contributed by atoms with E-state index in [2.05, 4.69) is 41.7 Å². The summed E-state index contributed by atoms with van der Waals surface area (Å²) in [6, 6.07) is 8.90. The molecule has 0 saturated heterocycles. The SMILES string of the molecule is Cc1cc(Nc2cc(C(=O)Nc3ccc(Br)cc3C)ncn2)no1. The van der Waals surface area contributed by atoms with E-state index in [0.717, 1.165) is 15.7 Å². The summed E-state index contributed by atoms with van der Waals surface area (Å²) in [7, 11) is 0. The van der Waals surface area contributed by atoms with Crippen LogP contribution in [0.4, 0.5) is 17.3 Å². The van der Waals surface area contributed by atoms with Gasteiger partial charge >= 0.3 is 0 Å². The molecular formula is C16H14BrN5O2. The molecule has 0 radical (unpaired) electrons. The zero-order valence-corrected chi connectivity index (χ0v) is 14.6. The van der Waals surface area contributed by atoms with Crippen LogP contribution in [0.15, 0.2) is 45.7 Å². The highest BCUT2D eigenvalue weighted by Crippen LogP contribution is 2.21. The maximum absolute atomic E-state index is 12.4. The second-order valence-corrected chi connectivity index (χ2v) is 6.07. The quantitative estimate of drug-likeness (QED) is 0.706. The molecule has 2 aromatic heterocycles. The van der Waals surface area contributed by atoms with Crippen molar-refractivity contribution in [1.29, 1.82) is 0 Å². The lowest BCUT2D eigenvalue weighted by atomic mass is 10.2. The molecule has 0 spiro atoms. The van der Waals surface area contributed by atoms with E-state index in [1.807, 2.05) is 25.1 Å². The van der Waals surface area contributed by atoms with Gasteiger partial charge < -0.3 is 15.2 Å². The normalized spacial score (nSPS) is 10.5. The molecule has 0 bridgehead atoms. The Bertz CT molecular complexity index is 894. The third-order valence-corrected chi connectivity index (χ3v) is 3.71. The second kappa shape index (κ2) is 6.79. The van der Waals surface area contributed by atoms with Gasteiger partial charge in [0.1, 0.15) is 23.6 Å². The van der Waals surface area contributed by atoms with Gasteiger partial charge in [0.05, 0.1) is 0 Å². The number of amides is 1. The second-order valence-electron chi connectivity index (χ2n) is 5.15. The van der Waals surface area contributed by atoms with Crippen molar-refractivity contribution in [1.82, 2.24) is 15.1 Å². The number of hydrogen-bond acceptors (Lipinski definition) is 6. The maximum Gasteiger partial charge on any atom is 0.274 e. The Hall–Kier alpha value is -2.74. The van der Waals surface area contributed by atoms with Crippen LogP contribution in [0.1, 0.15) is 21.8 Å². The molecule has 2 heterocycles. The zero-order chi connectivity index (χ0) is 17.1. The number of hydrogen-bond donors (Lipinski definition) is 2. The van der Waals surface area contributed by atoms with Crippen LogP contribution in [0, 0.1) is 13.8 Å². The topological polar surface area (TPSA) is 92.9 Å². The summed E-state index contributed by atoms with van der Waals surface area (Å²) in [6.07, 6.45) is 1.32. The fourth-order valence-corrected chi connectivity index (χ4v) is 2.54. The van der Waals surface area contributed by atoms with Gasteiger partial charge in [-0.05, 0) is 37.6 Å². The third kappa shape index (κ3) is 3.77. The highest BCUT2D eigenvalue weighted by molar-refractivity contribution is 9.10. The molecule has 1 amide bonds. The molecule has 0 atom stereocenters. The first kappa shape index (κ1) is 16.1. The molecule has 0 fully saturated rings. The van der Waals surface area contributed by atoms with E-state index in [0.29, 0.717) is 17.4 Å². The van der Waals surface area contributed by atoms with Gasteiger partial charge in [0, 0.05) is 22.3 Å². The van der Waals surface area contributed by atoms with Crippen molar-refractivity contribution < 1.29 is 9.32 Å². The van der Waals surface area contributed by atoms with Crippen LogP contribution in [0.2, 0.25) is 0 Å². The Balaban J connectivity index is 1.76. The molecule has 0 aliphatic carbocycles. The van der Waals surface area contributed by atoms with E-state index in [-0.39, 0.29) is 11.6 Å². The highest BCUT2D eigenvalue weighted by Gasteiger charge is 2.11. The van der Waals surface area contributed by atoms with E-state index >= 15 is 0 Å². The molecule has 24 heavy (non-hydrogen) atoms. The Morgan fingerprint density at radius 2 is 1.96 bits per heavy atom. The van der Waals surface area contributed by atoms with Crippen molar-refractivity contribution in [2.24, 2.45) is 0 Å². The molecule has 0 aliphatic heterocycles. The van der Waals surface area contributed by atoms with E-state index in [1.165, 1.54) is 6.33 Å². The summed E-state index contributed by atoms with van der Waals surface area (Å²) in [5, 5.41) is 9.62. The number of rotatable bonds is 4. The largest absolute Gasteiger partial charge is 0.360 e. The monoisotopic (exact) mass is 387 g/mol. The number of carbonyl (C=O) groups excluding carboxylic acids is 1. The van der Waals surface area contributed by atoms with Gasteiger partial charge in [-0.3, -0.25) is 4.79 Å². The number of anilines is 3. The predicted octanol–water partition coefficient (Wildman–Crippen LogP) is 3.84. The molecule has 122 valence electrons. The van der Waals surface area contributed by atoms with Crippen LogP contribution >= 0.6 is 15.9 Å². The molecule has 0 unspecified atom stereocenters. The van der Waals surface area contributed by atoms with Gasteiger partial charge in [-0.1, -0.05) is 21.1 Å². The van der Waals surface area contributed by atoms with E-state index in [4.69, 9.17) is 4.52 Å². The van der Waals surface area contributed by atoms with Gasteiger partial charge in [-0.2, -0.15) is 0 Å². The fourth-order valence-electron chi connectivity index (χ4n) is 2.06. The van der Waals surface area contributed by atoms with E-state index < -0.39 is 0 Å². The zero-order valence-electron chi connectivity index (χ0n) is 13.0. The number of halogens is 1. The van der Waals surface area contributed by atoms with Crippen LogP contribution in [0.3, 0.4) is 0 Å². The number of benzene rings is 1. The van der Waals surface area contributed by atoms with Gasteiger partial charge in [0.15, 0.2) is 5.82 Å².